The van der Waals surface area contributed by atoms with Crippen molar-refractivity contribution in [1.82, 2.24) is 4.98 Å². The number of amides is 1. The van der Waals surface area contributed by atoms with Gasteiger partial charge in [0.2, 0.25) is 5.89 Å². The van der Waals surface area contributed by atoms with Gasteiger partial charge in [0, 0.05) is 16.6 Å². The molecule has 5 rings (SSSR count). The summed E-state index contributed by atoms with van der Waals surface area (Å²) in [4.78, 5) is 42.9. The van der Waals surface area contributed by atoms with E-state index in [0.29, 0.717) is 44.8 Å². The van der Waals surface area contributed by atoms with Crippen molar-refractivity contribution in [3.8, 4) is 11.5 Å². The zero-order valence-electron chi connectivity index (χ0n) is 21.5. The van der Waals surface area contributed by atoms with Gasteiger partial charge in [0.1, 0.15) is 5.52 Å². The van der Waals surface area contributed by atoms with Gasteiger partial charge in [-0.2, -0.15) is 0 Å². The second-order valence-electron chi connectivity index (χ2n) is 8.79. The molecule has 0 fully saturated rings. The van der Waals surface area contributed by atoms with E-state index >= 15 is 0 Å². The molecule has 5 aromatic rings. The Morgan fingerprint density at radius 1 is 0.872 bits per heavy atom. The number of carbonyl (C=O) groups is 3. The van der Waals surface area contributed by atoms with Crippen LogP contribution in [0.1, 0.15) is 41.0 Å². The van der Waals surface area contributed by atoms with Gasteiger partial charge in [-0.15, -0.1) is 0 Å². The molecule has 1 atom stereocenters. The van der Waals surface area contributed by atoms with Crippen LogP contribution in [0.5, 0.6) is 0 Å². The molecule has 1 N–H and O–H groups in total. The zero-order valence-corrected chi connectivity index (χ0v) is 21.5. The molecule has 0 radical (unpaired) electrons. The van der Waals surface area contributed by atoms with E-state index in [-0.39, 0.29) is 13.0 Å². The highest BCUT2D eigenvalue weighted by Crippen LogP contribution is 2.33. The highest BCUT2D eigenvalue weighted by molar-refractivity contribution is 6.11. The molecule has 1 unspecified atom stereocenters. The zero-order chi connectivity index (χ0) is 27.4. The number of esters is 2. The van der Waals surface area contributed by atoms with Crippen molar-refractivity contribution in [3.63, 3.8) is 0 Å². The van der Waals surface area contributed by atoms with E-state index in [1.54, 1.807) is 50.2 Å². The van der Waals surface area contributed by atoms with E-state index in [0.717, 1.165) is 5.39 Å². The van der Waals surface area contributed by atoms with E-state index < -0.39 is 23.9 Å². The Balaban J connectivity index is 1.39. The molecule has 8 heteroatoms. The van der Waals surface area contributed by atoms with Crippen molar-refractivity contribution in [2.24, 2.45) is 0 Å². The number of benzene rings is 4. The Bertz CT molecular complexity index is 1630. The van der Waals surface area contributed by atoms with E-state index in [1.807, 2.05) is 48.5 Å². The number of rotatable bonds is 8. The lowest BCUT2D eigenvalue weighted by Gasteiger charge is -2.17. The number of carbonyl (C=O) groups excluding carboxylic acids is 3. The molecule has 196 valence electrons. The number of hydrogen-bond acceptors (Lipinski definition) is 7. The molecule has 1 aromatic heterocycles. The van der Waals surface area contributed by atoms with Crippen LogP contribution in [0.2, 0.25) is 0 Å². The minimum absolute atomic E-state index is 0.265. The van der Waals surface area contributed by atoms with Gasteiger partial charge in [0.25, 0.3) is 5.91 Å². The van der Waals surface area contributed by atoms with Crippen molar-refractivity contribution in [3.05, 3.63) is 96.1 Å². The molecule has 39 heavy (non-hydrogen) atoms. The lowest BCUT2D eigenvalue weighted by Crippen LogP contribution is -2.32. The predicted molar refractivity (Wildman–Crippen MR) is 147 cm³/mol. The number of fused-ring (bicyclic) bond motifs is 2. The minimum Gasteiger partial charge on any atom is -0.462 e. The summed E-state index contributed by atoms with van der Waals surface area (Å²) in [6.07, 6.45) is -0.768. The first kappa shape index (κ1) is 25.7. The summed E-state index contributed by atoms with van der Waals surface area (Å²) < 4.78 is 16.7. The van der Waals surface area contributed by atoms with Crippen LogP contribution in [0, 0.1) is 0 Å². The molecular weight excluding hydrogens is 496 g/mol. The van der Waals surface area contributed by atoms with Gasteiger partial charge in [-0.3, -0.25) is 4.79 Å². The summed E-state index contributed by atoms with van der Waals surface area (Å²) in [5.74, 6) is -1.17. The summed E-state index contributed by atoms with van der Waals surface area (Å²) >= 11 is 0. The lowest BCUT2D eigenvalue weighted by atomic mass is 9.99. The summed E-state index contributed by atoms with van der Waals surface area (Å²) in [7, 11) is 0. The lowest BCUT2D eigenvalue weighted by molar-refractivity contribution is -0.124. The maximum Gasteiger partial charge on any atom is 0.339 e. The van der Waals surface area contributed by atoms with Gasteiger partial charge in [0.15, 0.2) is 11.7 Å². The number of ether oxygens (including phenoxy) is 2. The fourth-order valence-electron chi connectivity index (χ4n) is 4.32. The average Bonchev–Trinajstić information content (AvgIpc) is 3.40. The number of nitrogens with zero attached hydrogens (tertiary/aromatic N) is 1. The van der Waals surface area contributed by atoms with Gasteiger partial charge < -0.3 is 19.2 Å². The van der Waals surface area contributed by atoms with Crippen LogP contribution >= 0.6 is 0 Å². The first-order valence-electron chi connectivity index (χ1n) is 12.6. The van der Waals surface area contributed by atoms with Crippen LogP contribution in [0.4, 0.5) is 5.69 Å². The van der Waals surface area contributed by atoms with Crippen LogP contribution in [0.15, 0.2) is 89.3 Å². The first-order valence-corrected chi connectivity index (χ1v) is 12.6. The molecule has 0 aliphatic rings. The van der Waals surface area contributed by atoms with Crippen LogP contribution in [0.25, 0.3) is 33.3 Å². The quantitative estimate of drug-likeness (QED) is 0.235. The monoisotopic (exact) mass is 522 g/mol. The molecule has 0 aliphatic carbocycles. The van der Waals surface area contributed by atoms with Crippen molar-refractivity contribution >= 4 is 45.4 Å². The van der Waals surface area contributed by atoms with Crippen LogP contribution < -0.4 is 5.32 Å². The van der Waals surface area contributed by atoms with Gasteiger partial charge in [0.05, 0.1) is 17.7 Å². The highest BCUT2D eigenvalue weighted by Gasteiger charge is 2.25. The molecule has 0 bridgehead atoms. The maximum absolute atomic E-state index is 13.4. The third kappa shape index (κ3) is 5.36. The van der Waals surface area contributed by atoms with Crippen LogP contribution in [-0.4, -0.2) is 35.5 Å². The number of aromatic nitrogens is 1. The molecule has 0 saturated carbocycles. The Hall–Kier alpha value is -4.98. The number of nitrogens with one attached hydrogen (secondary N) is 1. The van der Waals surface area contributed by atoms with Gasteiger partial charge in [-0.1, -0.05) is 43.3 Å². The summed E-state index contributed by atoms with van der Waals surface area (Å²) in [5, 5.41) is 4.18. The van der Waals surface area contributed by atoms with E-state index in [2.05, 4.69) is 10.3 Å². The maximum atomic E-state index is 13.4. The Morgan fingerprint density at radius 3 is 2.33 bits per heavy atom. The topological polar surface area (TPSA) is 108 Å². The molecule has 0 aliphatic heterocycles. The second kappa shape index (κ2) is 11.2. The van der Waals surface area contributed by atoms with Crippen LogP contribution in [-0.2, 0) is 14.3 Å². The minimum atomic E-state index is -1.03. The van der Waals surface area contributed by atoms with Crippen molar-refractivity contribution in [2.45, 2.75) is 26.4 Å². The van der Waals surface area contributed by atoms with E-state index in [1.165, 1.54) is 0 Å². The van der Waals surface area contributed by atoms with Crippen molar-refractivity contribution in [1.29, 1.82) is 0 Å². The number of para-hydroxylation sites is 2. The Kier molecular flexibility index (Phi) is 7.36. The van der Waals surface area contributed by atoms with Gasteiger partial charge in [-0.05, 0) is 67.3 Å². The molecule has 0 spiro atoms. The standard InChI is InChI=1S/C31H26N2O6/c1-3-25(28(34)32-21-17-15-20(16-18-21)30(35)37-4-2)39-31(36)23-12-8-10-19-9-7-11-22(27(19)23)29-33-24-13-5-6-14-26(24)38-29/h5-18,25H,3-4H2,1-2H3,(H,32,34). The molecular formula is C31H26N2O6. The fraction of sp³-hybridized carbons (Fsp3) is 0.161. The van der Waals surface area contributed by atoms with Crippen LogP contribution in [0.3, 0.4) is 0 Å². The third-order valence-electron chi connectivity index (χ3n) is 6.22. The third-order valence-corrected chi connectivity index (χ3v) is 6.22. The van der Waals surface area contributed by atoms with Gasteiger partial charge >= 0.3 is 11.9 Å². The van der Waals surface area contributed by atoms with E-state index in [9.17, 15) is 14.4 Å². The second-order valence-corrected chi connectivity index (χ2v) is 8.79. The fourth-order valence-corrected chi connectivity index (χ4v) is 4.32. The molecule has 4 aromatic carbocycles. The van der Waals surface area contributed by atoms with Gasteiger partial charge in [-0.25, -0.2) is 14.6 Å². The van der Waals surface area contributed by atoms with Crippen molar-refractivity contribution in [2.75, 3.05) is 11.9 Å². The first-order chi connectivity index (χ1) is 19.0. The summed E-state index contributed by atoms with van der Waals surface area (Å²) in [6, 6.07) is 24.7. The normalized spacial score (nSPS) is 11.7. The van der Waals surface area contributed by atoms with Crippen molar-refractivity contribution < 1.29 is 28.3 Å². The largest absolute Gasteiger partial charge is 0.462 e. The Labute approximate surface area is 224 Å². The summed E-state index contributed by atoms with van der Waals surface area (Å²) in [6.45, 7) is 3.76. The SMILES string of the molecule is CCOC(=O)c1ccc(NC(=O)C(CC)OC(=O)c2cccc3cccc(-c4nc5ccccc5o4)c23)cc1. The molecule has 0 saturated heterocycles. The highest BCUT2D eigenvalue weighted by atomic mass is 16.5. The number of hydrogen-bond donors (Lipinski definition) is 1. The smallest absolute Gasteiger partial charge is 0.339 e. The summed E-state index contributed by atoms with van der Waals surface area (Å²) in [5.41, 5.74) is 3.14. The molecule has 8 nitrogen and oxygen atoms in total. The number of oxazole rings is 1. The van der Waals surface area contributed by atoms with E-state index in [4.69, 9.17) is 13.9 Å². The average molecular weight is 523 g/mol. The predicted octanol–water partition coefficient (Wildman–Crippen LogP) is 6.40. The molecule has 1 heterocycles. The number of anilines is 1. The Morgan fingerprint density at radius 2 is 1.62 bits per heavy atom. The molecule has 1 amide bonds.